The van der Waals surface area contributed by atoms with Crippen molar-refractivity contribution in [1.29, 1.82) is 0 Å². The fourth-order valence-electron chi connectivity index (χ4n) is 9.17. The maximum Gasteiger partial charge on any atom is 0.234 e. The molecule has 3 unspecified atom stereocenters. The van der Waals surface area contributed by atoms with Gasteiger partial charge in [-0.1, -0.05) is 54.1 Å². The van der Waals surface area contributed by atoms with Crippen LogP contribution in [0.1, 0.15) is 74.6 Å². The van der Waals surface area contributed by atoms with E-state index < -0.39 is 0 Å². The molecule has 3 amide bonds. The predicted octanol–water partition coefficient (Wildman–Crippen LogP) is 7.61. The lowest BCUT2D eigenvalue weighted by molar-refractivity contribution is -0.134. The highest BCUT2D eigenvalue weighted by molar-refractivity contribution is 6.30. The van der Waals surface area contributed by atoms with Crippen LogP contribution in [0.15, 0.2) is 91.0 Å². The molecule has 2 N–H and O–H groups in total. The van der Waals surface area contributed by atoms with Gasteiger partial charge in [0.15, 0.2) is 0 Å². The average Bonchev–Trinajstić information content (AvgIpc) is 3.19. The van der Waals surface area contributed by atoms with E-state index in [9.17, 15) is 14.4 Å². The molecule has 55 heavy (non-hydrogen) atoms. The van der Waals surface area contributed by atoms with Gasteiger partial charge < -0.3 is 15.1 Å². The topological polar surface area (TPSA) is 88.2 Å². The van der Waals surface area contributed by atoms with Gasteiger partial charge in [-0.3, -0.25) is 29.5 Å². The Bertz CT molecular complexity index is 2000. The Kier molecular flexibility index (Phi) is 11.0. The van der Waals surface area contributed by atoms with Crippen LogP contribution in [-0.2, 0) is 20.9 Å². The first kappa shape index (κ1) is 37.2. The van der Waals surface area contributed by atoms with E-state index in [1.54, 1.807) is 6.92 Å². The number of nitrogens with zero attached hydrogens (tertiary/aromatic N) is 4. The predicted molar refractivity (Wildman–Crippen MR) is 221 cm³/mol. The molecule has 4 aromatic rings. The van der Waals surface area contributed by atoms with E-state index in [0.717, 1.165) is 80.3 Å². The summed E-state index contributed by atoms with van der Waals surface area (Å²) in [5.74, 6) is -0.516. The second-order valence-electron chi connectivity index (χ2n) is 15.8. The molecule has 0 spiro atoms. The Morgan fingerprint density at radius 1 is 0.818 bits per heavy atom. The van der Waals surface area contributed by atoms with Gasteiger partial charge in [0.05, 0.1) is 12.0 Å². The van der Waals surface area contributed by atoms with Crippen LogP contribution in [0.5, 0.6) is 0 Å². The molecule has 9 nitrogen and oxygen atoms in total. The highest BCUT2D eigenvalue weighted by atomic mass is 35.5. The molecule has 10 heteroatoms. The molecule has 4 heterocycles. The quantitative estimate of drug-likeness (QED) is 0.179. The van der Waals surface area contributed by atoms with E-state index in [1.165, 1.54) is 29.7 Å². The number of hydrogen-bond acceptors (Lipinski definition) is 7. The molecule has 0 saturated carbocycles. The summed E-state index contributed by atoms with van der Waals surface area (Å²) in [6, 6.07) is 32.5. The van der Waals surface area contributed by atoms with E-state index >= 15 is 0 Å². The number of nitrogens with one attached hydrogen (secondary N) is 2. The van der Waals surface area contributed by atoms with E-state index in [0.29, 0.717) is 23.9 Å². The largest absolute Gasteiger partial charge is 0.378 e. The van der Waals surface area contributed by atoms with Crippen LogP contribution in [0, 0.1) is 0 Å². The molecule has 0 radical (unpaired) electrons. The van der Waals surface area contributed by atoms with Gasteiger partial charge in [-0.15, -0.1) is 0 Å². The van der Waals surface area contributed by atoms with Crippen LogP contribution in [0.3, 0.4) is 0 Å². The number of halogens is 1. The number of anilines is 3. The number of carbonyl (C=O) groups excluding carboxylic acids is 3. The number of piperazine rings is 1. The molecule has 3 atom stereocenters. The monoisotopic (exact) mass is 758 g/mol. The highest BCUT2D eigenvalue weighted by Gasteiger charge is 2.33. The van der Waals surface area contributed by atoms with Gasteiger partial charge in [-0.05, 0) is 109 Å². The molecule has 4 aliphatic heterocycles. The van der Waals surface area contributed by atoms with Crippen molar-refractivity contribution in [3.8, 4) is 11.1 Å². The number of rotatable bonds is 8. The lowest BCUT2D eigenvalue weighted by Gasteiger charge is -2.43. The second-order valence-corrected chi connectivity index (χ2v) is 16.2. The SMILES string of the molecule is CC(=O)N1c2ccc(-c3ccc(N4CCC(N5CCN(Cc6ccc(C7CCC(=O)NC7=O)cc6)CC5)CC4)cc3)cc2C(Nc2ccc(Cl)cc2)CC1C. The second kappa shape index (κ2) is 16.2. The van der Waals surface area contributed by atoms with Crippen LogP contribution >= 0.6 is 11.6 Å². The van der Waals surface area contributed by atoms with Crippen molar-refractivity contribution in [2.75, 3.05) is 54.4 Å². The van der Waals surface area contributed by atoms with Crippen molar-refractivity contribution in [3.63, 3.8) is 0 Å². The lowest BCUT2D eigenvalue weighted by atomic mass is 9.89. The van der Waals surface area contributed by atoms with Gasteiger partial charge in [-0.2, -0.15) is 0 Å². The number of piperidine rings is 2. The van der Waals surface area contributed by atoms with Crippen molar-refractivity contribution in [2.24, 2.45) is 0 Å². The molecule has 0 aromatic heterocycles. The zero-order valence-electron chi connectivity index (χ0n) is 31.8. The standard InChI is InChI=1S/C45H51ClN6O3/c1-30-27-42(47-37-12-10-36(46)11-13-37)41-28-35(9-17-43(41)52(30)31(2)53)33-7-14-38(15-8-33)50-21-19-39(20-22-50)51-25-23-49(24-26-51)29-32-3-5-34(6-4-32)40-16-18-44(54)48-45(40)55/h3-15,17,28,30,39-40,42,47H,16,18-27,29H2,1-2H3,(H,48,54,55). The van der Waals surface area contributed by atoms with E-state index in [-0.39, 0.29) is 35.7 Å². The molecule has 0 aliphatic carbocycles. The molecule has 3 saturated heterocycles. The number of carbonyl (C=O) groups is 3. The van der Waals surface area contributed by atoms with Crippen molar-refractivity contribution in [2.45, 2.75) is 76.5 Å². The Morgan fingerprint density at radius 3 is 2.18 bits per heavy atom. The Balaban J connectivity index is 0.846. The Hall–Kier alpha value is -4.70. The smallest absolute Gasteiger partial charge is 0.234 e. The molecule has 0 bridgehead atoms. The summed E-state index contributed by atoms with van der Waals surface area (Å²) < 4.78 is 0. The van der Waals surface area contributed by atoms with Crippen molar-refractivity contribution < 1.29 is 14.4 Å². The van der Waals surface area contributed by atoms with E-state index in [2.05, 4.69) is 99.0 Å². The third kappa shape index (κ3) is 8.30. The lowest BCUT2D eigenvalue weighted by Crippen LogP contribution is -2.53. The van der Waals surface area contributed by atoms with Crippen molar-refractivity contribution >= 4 is 46.4 Å². The average molecular weight is 759 g/mol. The van der Waals surface area contributed by atoms with E-state index in [4.69, 9.17) is 11.6 Å². The first-order chi connectivity index (χ1) is 26.7. The summed E-state index contributed by atoms with van der Waals surface area (Å²) in [7, 11) is 0. The summed E-state index contributed by atoms with van der Waals surface area (Å²) in [5, 5.41) is 6.89. The molecular weight excluding hydrogens is 708 g/mol. The summed E-state index contributed by atoms with van der Waals surface area (Å²) in [6.07, 6.45) is 4.14. The van der Waals surface area contributed by atoms with Gasteiger partial charge in [0, 0.05) is 93.3 Å². The van der Waals surface area contributed by atoms with Crippen LogP contribution < -0.4 is 20.4 Å². The molecule has 4 aliphatic rings. The third-order valence-electron chi connectivity index (χ3n) is 12.2. The first-order valence-corrected chi connectivity index (χ1v) is 20.3. The van der Waals surface area contributed by atoms with Gasteiger partial charge in [0.25, 0.3) is 0 Å². The van der Waals surface area contributed by atoms with Crippen LogP contribution in [0.2, 0.25) is 5.02 Å². The maximum atomic E-state index is 12.7. The molecule has 3 fully saturated rings. The highest BCUT2D eigenvalue weighted by Crippen LogP contribution is 2.41. The zero-order valence-corrected chi connectivity index (χ0v) is 32.6. The van der Waals surface area contributed by atoms with Crippen LogP contribution in [-0.4, -0.2) is 78.9 Å². The fraction of sp³-hybridized carbons (Fsp3) is 0.400. The summed E-state index contributed by atoms with van der Waals surface area (Å²) >= 11 is 6.16. The maximum absolute atomic E-state index is 12.7. The fourth-order valence-corrected chi connectivity index (χ4v) is 9.30. The third-order valence-corrected chi connectivity index (χ3v) is 12.4. The molecule has 4 aromatic carbocycles. The summed E-state index contributed by atoms with van der Waals surface area (Å²) in [5.41, 5.74) is 8.96. The van der Waals surface area contributed by atoms with Crippen LogP contribution in [0.25, 0.3) is 11.1 Å². The Labute approximate surface area is 329 Å². The number of benzene rings is 4. The normalized spacial score (nSPS) is 22.6. The molecular formula is C45H51ClN6O3. The Morgan fingerprint density at radius 2 is 1.51 bits per heavy atom. The van der Waals surface area contributed by atoms with Crippen molar-refractivity contribution in [3.05, 3.63) is 113 Å². The van der Waals surface area contributed by atoms with Gasteiger partial charge in [-0.25, -0.2) is 0 Å². The number of hydrogen-bond donors (Lipinski definition) is 2. The van der Waals surface area contributed by atoms with Gasteiger partial charge in [0.2, 0.25) is 17.7 Å². The summed E-state index contributed by atoms with van der Waals surface area (Å²) in [4.78, 5) is 46.2. The van der Waals surface area contributed by atoms with Crippen LogP contribution in [0.4, 0.5) is 17.1 Å². The minimum absolute atomic E-state index is 0.0644. The number of amides is 3. The number of imide groups is 1. The van der Waals surface area contributed by atoms with E-state index in [1.807, 2.05) is 29.2 Å². The first-order valence-electron chi connectivity index (χ1n) is 19.9. The molecule has 8 rings (SSSR count). The van der Waals surface area contributed by atoms with Gasteiger partial charge >= 0.3 is 0 Å². The summed E-state index contributed by atoms with van der Waals surface area (Å²) in [6.45, 7) is 11.1. The van der Waals surface area contributed by atoms with Gasteiger partial charge in [0.1, 0.15) is 0 Å². The van der Waals surface area contributed by atoms with Crippen molar-refractivity contribution in [1.82, 2.24) is 15.1 Å². The minimum atomic E-state index is -0.231. The number of fused-ring (bicyclic) bond motifs is 1. The molecule has 286 valence electrons. The zero-order chi connectivity index (χ0) is 38.1. The minimum Gasteiger partial charge on any atom is -0.378 e.